The second-order valence-electron chi connectivity index (χ2n) is 6.22. The quantitative estimate of drug-likeness (QED) is 0.765. The Labute approximate surface area is 147 Å². The maximum atomic E-state index is 6.41. The molecule has 2 aromatic rings. The minimum Gasteiger partial charge on any atom is -0.468 e. The molecular formula is C17H25ClN4O2. The Morgan fingerprint density at radius 3 is 2.71 bits per heavy atom. The molecule has 1 fully saturated rings. The third-order valence-electron chi connectivity index (χ3n) is 4.45. The molecule has 0 aliphatic carbocycles. The summed E-state index contributed by atoms with van der Waals surface area (Å²) in [5.74, 6) is 0.967. The van der Waals surface area contributed by atoms with Crippen molar-refractivity contribution in [3.63, 3.8) is 0 Å². The van der Waals surface area contributed by atoms with Gasteiger partial charge in [0.15, 0.2) is 0 Å². The first-order valence-electron chi connectivity index (χ1n) is 8.36. The molecule has 0 saturated carbocycles. The van der Waals surface area contributed by atoms with Gasteiger partial charge in [0.1, 0.15) is 10.9 Å². The van der Waals surface area contributed by atoms with Gasteiger partial charge in [0, 0.05) is 45.3 Å². The monoisotopic (exact) mass is 352 g/mol. The van der Waals surface area contributed by atoms with Crippen LogP contribution in [0, 0.1) is 6.92 Å². The van der Waals surface area contributed by atoms with E-state index in [4.69, 9.17) is 20.8 Å². The Kier molecular flexibility index (Phi) is 5.94. The highest BCUT2D eigenvalue weighted by molar-refractivity contribution is 6.30. The first-order valence-corrected chi connectivity index (χ1v) is 8.74. The highest BCUT2D eigenvalue weighted by Crippen LogP contribution is 2.21. The molecule has 1 aliphatic rings. The van der Waals surface area contributed by atoms with Gasteiger partial charge in [-0.15, -0.1) is 0 Å². The number of hydrogen-bond acceptors (Lipinski definition) is 5. The third-order valence-corrected chi connectivity index (χ3v) is 4.92. The van der Waals surface area contributed by atoms with Crippen LogP contribution >= 0.6 is 11.6 Å². The SMILES string of the molecule is Cc1nn(C)c(Cl)c1CN(CCN1CCOCC1)Cc1ccco1. The molecule has 0 radical (unpaired) electrons. The van der Waals surface area contributed by atoms with E-state index < -0.39 is 0 Å². The molecular weight excluding hydrogens is 328 g/mol. The third kappa shape index (κ3) is 4.39. The number of halogens is 1. The zero-order chi connectivity index (χ0) is 16.9. The summed E-state index contributed by atoms with van der Waals surface area (Å²) in [4.78, 5) is 4.81. The van der Waals surface area contributed by atoms with Crippen LogP contribution < -0.4 is 0 Å². The maximum absolute atomic E-state index is 6.41. The van der Waals surface area contributed by atoms with Crippen LogP contribution in [0.5, 0.6) is 0 Å². The lowest BCUT2D eigenvalue weighted by atomic mass is 10.2. The Morgan fingerprint density at radius 1 is 1.29 bits per heavy atom. The summed E-state index contributed by atoms with van der Waals surface area (Å²) < 4.78 is 12.7. The van der Waals surface area contributed by atoms with Crippen LogP contribution in [-0.4, -0.2) is 59.0 Å². The summed E-state index contributed by atoms with van der Waals surface area (Å²) in [5, 5.41) is 5.13. The van der Waals surface area contributed by atoms with Crippen LogP contribution in [0.2, 0.25) is 5.15 Å². The molecule has 7 heteroatoms. The van der Waals surface area contributed by atoms with Crippen LogP contribution in [0.3, 0.4) is 0 Å². The fraction of sp³-hybridized carbons (Fsp3) is 0.588. The molecule has 0 aromatic carbocycles. The van der Waals surface area contributed by atoms with Gasteiger partial charge in [-0.05, 0) is 19.1 Å². The molecule has 1 aliphatic heterocycles. The minimum absolute atomic E-state index is 0.711. The van der Waals surface area contributed by atoms with E-state index in [0.717, 1.165) is 69.5 Å². The van der Waals surface area contributed by atoms with Gasteiger partial charge in [0.25, 0.3) is 0 Å². The van der Waals surface area contributed by atoms with E-state index in [9.17, 15) is 0 Å². The van der Waals surface area contributed by atoms with E-state index >= 15 is 0 Å². The fourth-order valence-electron chi connectivity index (χ4n) is 3.02. The second kappa shape index (κ2) is 8.16. The van der Waals surface area contributed by atoms with Gasteiger partial charge in [-0.25, -0.2) is 0 Å². The van der Waals surface area contributed by atoms with Crippen molar-refractivity contribution in [1.82, 2.24) is 19.6 Å². The van der Waals surface area contributed by atoms with Crippen molar-refractivity contribution < 1.29 is 9.15 Å². The van der Waals surface area contributed by atoms with Crippen LogP contribution in [0.25, 0.3) is 0 Å². The molecule has 2 aromatic heterocycles. The van der Waals surface area contributed by atoms with Crippen molar-refractivity contribution in [2.24, 2.45) is 7.05 Å². The fourth-order valence-corrected chi connectivity index (χ4v) is 3.26. The van der Waals surface area contributed by atoms with E-state index in [2.05, 4.69) is 14.9 Å². The van der Waals surface area contributed by atoms with Gasteiger partial charge in [-0.1, -0.05) is 11.6 Å². The molecule has 6 nitrogen and oxygen atoms in total. The Morgan fingerprint density at radius 2 is 2.08 bits per heavy atom. The maximum Gasteiger partial charge on any atom is 0.131 e. The molecule has 0 spiro atoms. The number of aromatic nitrogens is 2. The van der Waals surface area contributed by atoms with Gasteiger partial charge in [-0.2, -0.15) is 5.10 Å². The van der Waals surface area contributed by atoms with Gasteiger partial charge >= 0.3 is 0 Å². The van der Waals surface area contributed by atoms with Gasteiger partial charge < -0.3 is 9.15 Å². The van der Waals surface area contributed by atoms with Crippen molar-refractivity contribution in [2.75, 3.05) is 39.4 Å². The molecule has 3 heterocycles. The van der Waals surface area contributed by atoms with E-state index in [-0.39, 0.29) is 0 Å². The average molecular weight is 353 g/mol. The molecule has 0 N–H and O–H groups in total. The van der Waals surface area contributed by atoms with Crippen molar-refractivity contribution in [1.29, 1.82) is 0 Å². The van der Waals surface area contributed by atoms with Gasteiger partial charge in [0.2, 0.25) is 0 Å². The van der Waals surface area contributed by atoms with Crippen LogP contribution in [0.4, 0.5) is 0 Å². The minimum atomic E-state index is 0.711. The lowest BCUT2D eigenvalue weighted by Gasteiger charge is -2.29. The first kappa shape index (κ1) is 17.5. The van der Waals surface area contributed by atoms with E-state index in [1.54, 1.807) is 10.9 Å². The summed E-state index contributed by atoms with van der Waals surface area (Å²) in [6, 6.07) is 3.94. The number of rotatable bonds is 7. The molecule has 3 rings (SSSR count). The standard InChI is InChI=1S/C17H25ClN4O2/c1-14-16(17(18)20(2)19-14)13-22(12-15-4-3-9-24-15)6-5-21-7-10-23-11-8-21/h3-4,9H,5-8,10-13H2,1-2H3. The van der Waals surface area contributed by atoms with Crippen molar-refractivity contribution in [3.05, 3.63) is 40.6 Å². The predicted octanol–water partition coefficient (Wildman–Crippen LogP) is 2.31. The summed E-state index contributed by atoms with van der Waals surface area (Å²) in [7, 11) is 1.88. The number of nitrogens with zero attached hydrogens (tertiary/aromatic N) is 4. The Bertz CT molecular complexity index is 635. The topological polar surface area (TPSA) is 46.7 Å². The first-order chi connectivity index (χ1) is 11.6. The van der Waals surface area contributed by atoms with Gasteiger partial charge in [-0.3, -0.25) is 14.5 Å². The number of ether oxygens (including phenoxy) is 1. The lowest BCUT2D eigenvalue weighted by molar-refractivity contribution is 0.0321. The summed E-state index contributed by atoms with van der Waals surface area (Å²) in [5.41, 5.74) is 2.08. The molecule has 0 bridgehead atoms. The summed E-state index contributed by atoms with van der Waals surface area (Å²) in [6.45, 7) is 9.16. The van der Waals surface area contributed by atoms with Gasteiger partial charge in [0.05, 0.1) is 31.7 Å². The predicted molar refractivity (Wildman–Crippen MR) is 93.0 cm³/mol. The normalized spacial score (nSPS) is 16.2. The smallest absolute Gasteiger partial charge is 0.131 e. The van der Waals surface area contributed by atoms with E-state index in [1.165, 1.54) is 0 Å². The molecule has 24 heavy (non-hydrogen) atoms. The molecule has 1 saturated heterocycles. The zero-order valence-corrected chi connectivity index (χ0v) is 15.1. The van der Waals surface area contributed by atoms with Crippen molar-refractivity contribution in [3.8, 4) is 0 Å². The molecule has 0 atom stereocenters. The molecule has 0 amide bonds. The molecule has 132 valence electrons. The van der Waals surface area contributed by atoms with Crippen LogP contribution in [-0.2, 0) is 24.9 Å². The number of aryl methyl sites for hydroxylation is 2. The Hall–Kier alpha value is -1.34. The summed E-state index contributed by atoms with van der Waals surface area (Å²) >= 11 is 6.41. The van der Waals surface area contributed by atoms with Crippen molar-refractivity contribution >= 4 is 11.6 Å². The number of furan rings is 1. The number of morpholine rings is 1. The largest absolute Gasteiger partial charge is 0.468 e. The van der Waals surface area contributed by atoms with Crippen molar-refractivity contribution in [2.45, 2.75) is 20.0 Å². The highest BCUT2D eigenvalue weighted by atomic mass is 35.5. The lowest BCUT2D eigenvalue weighted by Crippen LogP contribution is -2.41. The Balaban J connectivity index is 1.66. The van der Waals surface area contributed by atoms with E-state index in [1.807, 2.05) is 26.1 Å². The zero-order valence-electron chi connectivity index (χ0n) is 14.4. The molecule has 0 unspecified atom stereocenters. The number of hydrogen-bond donors (Lipinski definition) is 0. The van der Waals surface area contributed by atoms with Crippen LogP contribution in [0.15, 0.2) is 22.8 Å². The highest BCUT2D eigenvalue weighted by Gasteiger charge is 2.18. The average Bonchev–Trinajstić information content (AvgIpc) is 3.17. The summed E-state index contributed by atoms with van der Waals surface area (Å²) in [6.07, 6.45) is 1.72. The van der Waals surface area contributed by atoms with Crippen LogP contribution in [0.1, 0.15) is 17.0 Å². The second-order valence-corrected chi connectivity index (χ2v) is 6.58. The van der Waals surface area contributed by atoms with E-state index in [0.29, 0.717) is 5.15 Å².